The van der Waals surface area contributed by atoms with Gasteiger partial charge in [-0.2, -0.15) is 5.26 Å². The Balaban J connectivity index is 2.34. The summed E-state index contributed by atoms with van der Waals surface area (Å²) in [5, 5.41) is 12.1. The summed E-state index contributed by atoms with van der Waals surface area (Å²) in [6, 6.07) is 15.9. The van der Waals surface area contributed by atoms with E-state index in [4.69, 9.17) is 10.00 Å². The van der Waals surface area contributed by atoms with E-state index in [1.807, 2.05) is 30.3 Å². The Labute approximate surface area is 131 Å². The van der Waals surface area contributed by atoms with Crippen molar-refractivity contribution in [3.05, 3.63) is 64.1 Å². The Bertz CT molecular complexity index is 680. The molecule has 2 rings (SSSR count). The molecule has 0 aromatic heterocycles. The van der Waals surface area contributed by atoms with Crippen molar-refractivity contribution in [1.82, 2.24) is 0 Å². The number of nitrogens with zero attached hydrogens (tertiary/aromatic N) is 1. The molecule has 0 heterocycles. The van der Waals surface area contributed by atoms with Gasteiger partial charge in [0.1, 0.15) is 0 Å². The van der Waals surface area contributed by atoms with Gasteiger partial charge in [0.25, 0.3) is 0 Å². The number of benzene rings is 2. The molecule has 0 amide bonds. The van der Waals surface area contributed by atoms with Crippen LogP contribution in [0.3, 0.4) is 0 Å². The third-order valence-corrected chi connectivity index (χ3v) is 3.37. The number of nitrogens with one attached hydrogen (secondary N) is 1. The van der Waals surface area contributed by atoms with Crippen LogP contribution in [0.4, 0.5) is 5.69 Å². The maximum Gasteiger partial charge on any atom is 0.332 e. The quantitative estimate of drug-likeness (QED) is 0.860. The van der Waals surface area contributed by atoms with E-state index in [9.17, 15) is 4.79 Å². The Morgan fingerprint density at radius 3 is 2.62 bits per heavy atom. The number of methoxy groups -OCH3 is 1. The molecule has 2 aromatic carbocycles. The van der Waals surface area contributed by atoms with Gasteiger partial charge in [-0.25, -0.2) is 4.79 Å². The highest BCUT2D eigenvalue weighted by atomic mass is 79.9. The minimum atomic E-state index is -0.628. The molecule has 0 aliphatic rings. The van der Waals surface area contributed by atoms with Crippen LogP contribution in [0.25, 0.3) is 0 Å². The van der Waals surface area contributed by atoms with Gasteiger partial charge in [0.2, 0.25) is 0 Å². The van der Waals surface area contributed by atoms with Gasteiger partial charge >= 0.3 is 5.97 Å². The van der Waals surface area contributed by atoms with Crippen molar-refractivity contribution in [3.63, 3.8) is 0 Å². The maximum atomic E-state index is 12.0. The van der Waals surface area contributed by atoms with E-state index in [0.29, 0.717) is 11.3 Å². The van der Waals surface area contributed by atoms with E-state index in [0.717, 1.165) is 10.0 Å². The molecule has 0 saturated carbocycles. The summed E-state index contributed by atoms with van der Waals surface area (Å²) in [6.07, 6.45) is 0. The summed E-state index contributed by atoms with van der Waals surface area (Å²) in [4.78, 5) is 12.0. The molecule has 2 aromatic rings. The van der Waals surface area contributed by atoms with Crippen LogP contribution < -0.4 is 5.32 Å². The fourth-order valence-corrected chi connectivity index (χ4v) is 2.44. The molecular weight excluding hydrogens is 332 g/mol. The average molecular weight is 345 g/mol. The molecule has 0 spiro atoms. The first-order valence-electron chi connectivity index (χ1n) is 6.24. The standard InChI is InChI=1S/C16H13BrN2O2/c1-21-16(20)15(12-5-3-2-4-6-12)19-14-8-11(10-18)7-13(17)9-14/h2-9,15,19H,1H3. The van der Waals surface area contributed by atoms with Crippen molar-refractivity contribution in [1.29, 1.82) is 5.26 Å². The molecule has 1 atom stereocenters. The number of esters is 1. The third kappa shape index (κ3) is 3.83. The van der Waals surface area contributed by atoms with Crippen LogP contribution in [0.15, 0.2) is 53.0 Å². The van der Waals surface area contributed by atoms with Gasteiger partial charge in [0.15, 0.2) is 6.04 Å². The van der Waals surface area contributed by atoms with Crippen LogP contribution >= 0.6 is 15.9 Å². The van der Waals surface area contributed by atoms with Crippen LogP contribution in [0.2, 0.25) is 0 Å². The number of halogens is 1. The normalized spacial score (nSPS) is 11.3. The molecule has 0 fully saturated rings. The van der Waals surface area contributed by atoms with Gasteiger partial charge in [0.05, 0.1) is 18.7 Å². The monoisotopic (exact) mass is 344 g/mol. The molecule has 4 nitrogen and oxygen atoms in total. The van der Waals surface area contributed by atoms with Gasteiger partial charge < -0.3 is 10.1 Å². The average Bonchev–Trinajstić information content (AvgIpc) is 2.52. The number of carbonyl (C=O) groups is 1. The first-order valence-corrected chi connectivity index (χ1v) is 7.03. The van der Waals surface area contributed by atoms with Crippen LogP contribution in [-0.2, 0) is 9.53 Å². The van der Waals surface area contributed by atoms with E-state index < -0.39 is 6.04 Å². The third-order valence-electron chi connectivity index (χ3n) is 2.91. The second-order valence-electron chi connectivity index (χ2n) is 4.35. The zero-order valence-electron chi connectivity index (χ0n) is 11.3. The summed E-state index contributed by atoms with van der Waals surface area (Å²) in [5.74, 6) is -0.389. The lowest BCUT2D eigenvalue weighted by Gasteiger charge is -2.18. The topological polar surface area (TPSA) is 62.1 Å². The van der Waals surface area contributed by atoms with Crippen LogP contribution in [-0.4, -0.2) is 13.1 Å². The lowest BCUT2D eigenvalue weighted by molar-refractivity contribution is -0.141. The van der Waals surface area contributed by atoms with Gasteiger partial charge in [-0.3, -0.25) is 0 Å². The van der Waals surface area contributed by atoms with Gasteiger partial charge in [0, 0.05) is 10.2 Å². The highest BCUT2D eigenvalue weighted by Gasteiger charge is 2.21. The minimum Gasteiger partial charge on any atom is -0.467 e. The van der Waals surface area contributed by atoms with E-state index in [1.54, 1.807) is 18.2 Å². The Kier molecular flexibility index (Phi) is 4.96. The van der Waals surface area contributed by atoms with Crippen molar-refractivity contribution in [3.8, 4) is 6.07 Å². The summed E-state index contributed by atoms with van der Waals surface area (Å²) >= 11 is 3.35. The number of hydrogen-bond donors (Lipinski definition) is 1. The zero-order chi connectivity index (χ0) is 15.2. The molecule has 0 saturated heterocycles. The zero-order valence-corrected chi connectivity index (χ0v) is 12.9. The molecule has 0 aliphatic heterocycles. The van der Waals surface area contributed by atoms with E-state index in [2.05, 4.69) is 27.3 Å². The summed E-state index contributed by atoms with van der Waals surface area (Å²) in [5.41, 5.74) is 1.96. The lowest BCUT2D eigenvalue weighted by atomic mass is 10.1. The van der Waals surface area contributed by atoms with E-state index >= 15 is 0 Å². The highest BCUT2D eigenvalue weighted by Crippen LogP contribution is 2.24. The fourth-order valence-electron chi connectivity index (χ4n) is 1.95. The summed E-state index contributed by atoms with van der Waals surface area (Å²) in [7, 11) is 1.35. The smallest absolute Gasteiger partial charge is 0.332 e. The maximum absolute atomic E-state index is 12.0. The molecule has 0 aliphatic carbocycles. The molecule has 0 bridgehead atoms. The van der Waals surface area contributed by atoms with Gasteiger partial charge in [-0.05, 0) is 23.8 Å². The first kappa shape index (κ1) is 15.1. The number of hydrogen-bond acceptors (Lipinski definition) is 4. The molecule has 1 unspecified atom stereocenters. The predicted octanol–water partition coefficient (Wildman–Crippen LogP) is 3.65. The van der Waals surface area contributed by atoms with Crippen molar-refractivity contribution in [2.75, 3.05) is 12.4 Å². The van der Waals surface area contributed by atoms with Crippen molar-refractivity contribution >= 4 is 27.6 Å². The van der Waals surface area contributed by atoms with Crippen LogP contribution in [0, 0.1) is 11.3 Å². The first-order chi connectivity index (χ1) is 10.1. The minimum absolute atomic E-state index is 0.389. The SMILES string of the molecule is COC(=O)C(Nc1cc(Br)cc(C#N)c1)c1ccccc1. The molecule has 5 heteroatoms. The predicted molar refractivity (Wildman–Crippen MR) is 83.7 cm³/mol. The molecule has 21 heavy (non-hydrogen) atoms. The Morgan fingerprint density at radius 1 is 1.29 bits per heavy atom. The lowest BCUT2D eigenvalue weighted by Crippen LogP contribution is -2.22. The molecule has 1 N–H and O–H groups in total. The highest BCUT2D eigenvalue weighted by molar-refractivity contribution is 9.10. The van der Waals surface area contributed by atoms with Gasteiger partial charge in [-0.15, -0.1) is 0 Å². The number of ether oxygens (including phenoxy) is 1. The number of rotatable bonds is 4. The number of nitriles is 1. The molecule has 0 radical (unpaired) electrons. The van der Waals surface area contributed by atoms with Crippen molar-refractivity contribution in [2.45, 2.75) is 6.04 Å². The van der Waals surface area contributed by atoms with Crippen LogP contribution in [0.1, 0.15) is 17.2 Å². The van der Waals surface area contributed by atoms with E-state index in [1.165, 1.54) is 7.11 Å². The van der Waals surface area contributed by atoms with Gasteiger partial charge in [-0.1, -0.05) is 46.3 Å². The van der Waals surface area contributed by atoms with Crippen molar-refractivity contribution < 1.29 is 9.53 Å². The van der Waals surface area contributed by atoms with Crippen LogP contribution in [0.5, 0.6) is 0 Å². The molecule has 106 valence electrons. The Morgan fingerprint density at radius 2 is 2.00 bits per heavy atom. The Hall–Kier alpha value is -2.32. The number of anilines is 1. The second kappa shape index (κ2) is 6.91. The summed E-state index contributed by atoms with van der Waals surface area (Å²) in [6.45, 7) is 0. The second-order valence-corrected chi connectivity index (χ2v) is 5.27. The fraction of sp³-hybridized carbons (Fsp3) is 0.125. The van der Waals surface area contributed by atoms with E-state index in [-0.39, 0.29) is 5.97 Å². The largest absolute Gasteiger partial charge is 0.467 e. The number of carbonyl (C=O) groups excluding carboxylic acids is 1. The van der Waals surface area contributed by atoms with Crippen molar-refractivity contribution in [2.24, 2.45) is 0 Å². The summed E-state index contributed by atoms with van der Waals surface area (Å²) < 4.78 is 5.61. The molecular formula is C16H13BrN2O2.